The third-order valence-corrected chi connectivity index (χ3v) is 4.13. The molecule has 0 fully saturated rings. The monoisotopic (exact) mass is 329 g/mol. The Morgan fingerprint density at radius 2 is 1.78 bits per heavy atom. The average Bonchev–Trinajstić information content (AvgIpc) is 2.60. The van der Waals surface area contributed by atoms with Gasteiger partial charge in [0.15, 0.2) is 6.61 Å². The van der Waals surface area contributed by atoms with E-state index in [-0.39, 0.29) is 12.5 Å². The maximum absolute atomic E-state index is 12.1. The lowest BCUT2D eigenvalue weighted by Gasteiger charge is -2.11. The molecular formula is C18H19NO3S. The molecule has 23 heavy (non-hydrogen) atoms. The van der Waals surface area contributed by atoms with Gasteiger partial charge >= 0.3 is 5.97 Å². The van der Waals surface area contributed by atoms with Crippen LogP contribution in [0.5, 0.6) is 0 Å². The lowest BCUT2D eigenvalue weighted by Crippen LogP contribution is -2.21. The third kappa shape index (κ3) is 4.60. The number of anilines is 1. The van der Waals surface area contributed by atoms with Crippen molar-refractivity contribution < 1.29 is 14.3 Å². The summed E-state index contributed by atoms with van der Waals surface area (Å²) in [5, 5.41) is 2.78. The molecule has 4 nitrogen and oxygen atoms in total. The highest BCUT2D eigenvalue weighted by Crippen LogP contribution is 2.20. The van der Waals surface area contributed by atoms with E-state index < -0.39 is 5.97 Å². The molecule has 0 atom stereocenters. The number of thioether (sulfide) groups is 1. The summed E-state index contributed by atoms with van der Waals surface area (Å²) in [6.07, 6.45) is 2.71. The fourth-order valence-corrected chi connectivity index (χ4v) is 2.74. The molecule has 0 aliphatic rings. The minimum atomic E-state index is -0.492. The van der Waals surface area contributed by atoms with Gasteiger partial charge in [-0.2, -0.15) is 0 Å². The summed E-state index contributed by atoms with van der Waals surface area (Å²) in [6, 6.07) is 14.7. The first-order valence-corrected chi connectivity index (χ1v) is 8.56. The van der Waals surface area contributed by atoms with Crippen LogP contribution in [0.4, 0.5) is 5.69 Å². The molecular weight excluding hydrogens is 310 g/mol. The van der Waals surface area contributed by atoms with Crippen LogP contribution in [0.15, 0.2) is 53.4 Å². The second-order valence-electron chi connectivity index (χ2n) is 4.84. The highest BCUT2D eigenvalue weighted by molar-refractivity contribution is 7.98. The molecule has 0 aliphatic carbocycles. The molecule has 0 radical (unpaired) electrons. The van der Waals surface area contributed by atoms with Crippen molar-refractivity contribution in [3.8, 4) is 0 Å². The first-order chi connectivity index (χ1) is 11.2. The summed E-state index contributed by atoms with van der Waals surface area (Å²) in [5.41, 5.74) is 2.27. The summed E-state index contributed by atoms with van der Waals surface area (Å²) in [5.74, 6) is -0.838. The summed E-state index contributed by atoms with van der Waals surface area (Å²) >= 11 is 1.46. The second kappa shape index (κ2) is 8.39. The van der Waals surface area contributed by atoms with Gasteiger partial charge in [-0.1, -0.05) is 37.3 Å². The minimum Gasteiger partial charge on any atom is -0.452 e. The molecule has 120 valence electrons. The highest BCUT2D eigenvalue weighted by atomic mass is 32.2. The van der Waals surface area contributed by atoms with Crippen LogP contribution >= 0.6 is 11.8 Å². The molecule has 2 aromatic rings. The Kier molecular flexibility index (Phi) is 6.23. The summed E-state index contributed by atoms with van der Waals surface area (Å²) in [7, 11) is 0. The first kappa shape index (κ1) is 17.1. The molecule has 1 N–H and O–H groups in total. The number of nitrogens with one attached hydrogen (secondary N) is 1. The molecule has 2 rings (SSSR count). The topological polar surface area (TPSA) is 55.4 Å². The van der Waals surface area contributed by atoms with Gasteiger partial charge in [0.25, 0.3) is 5.91 Å². The van der Waals surface area contributed by atoms with Crippen LogP contribution < -0.4 is 5.32 Å². The van der Waals surface area contributed by atoms with Crippen molar-refractivity contribution in [2.75, 3.05) is 18.2 Å². The van der Waals surface area contributed by atoms with E-state index in [4.69, 9.17) is 4.74 Å². The van der Waals surface area contributed by atoms with Crippen LogP contribution in [0.25, 0.3) is 0 Å². The van der Waals surface area contributed by atoms with Crippen LogP contribution in [0.3, 0.4) is 0 Å². The largest absolute Gasteiger partial charge is 0.452 e. The van der Waals surface area contributed by atoms with Crippen molar-refractivity contribution in [3.63, 3.8) is 0 Å². The molecule has 5 heteroatoms. The molecule has 0 saturated heterocycles. The van der Waals surface area contributed by atoms with Crippen molar-refractivity contribution >= 4 is 29.3 Å². The van der Waals surface area contributed by atoms with Gasteiger partial charge in [-0.25, -0.2) is 4.79 Å². The molecule has 0 spiro atoms. The van der Waals surface area contributed by atoms with Crippen LogP contribution in [-0.4, -0.2) is 24.7 Å². The first-order valence-electron chi connectivity index (χ1n) is 7.33. The minimum absolute atomic E-state index is 0.306. The third-order valence-electron chi connectivity index (χ3n) is 3.33. The van der Waals surface area contributed by atoms with Crippen molar-refractivity contribution in [2.45, 2.75) is 18.2 Å². The number of ether oxygens (including phenoxy) is 1. The van der Waals surface area contributed by atoms with Crippen LogP contribution in [0.2, 0.25) is 0 Å². The van der Waals surface area contributed by atoms with Gasteiger partial charge in [0.1, 0.15) is 0 Å². The van der Waals surface area contributed by atoms with Crippen molar-refractivity contribution in [3.05, 3.63) is 59.7 Å². The summed E-state index contributed by atoms with van der Waals surface area (Å²) in [4.78, 5) is 24.9. The van der Waals surface area contributed by atoms with E-state index in [1.807, 2.05) is 49.6 Å². The molecule has 2 aromatic carbocycles. The predicted octanol–water partition coefficient (Wildman–Crippen LogP) is 3.77. The fraction of sp³-hybridized carbons (Fsp3) is 0.222. The standard InChI is InChI=1S/C18H19NO3S/c1-3-13-8-4-6-10-15(13)19-17(20)12-22-18(21)14-9-5-7-11-16(14)23-2/h4-11H,3,12H2,1-2H3,(H,19,20). The van der Waals surface area contributed by atoms with E-state index in [1.165, 1.54) is 11.8 Å². The number of carbonyl (C=O) groups excluding carboxylic acids is 2. The Balaban J connectivity index is 1.95. The van der Waals surface area contributed by atoms with Crippen LogP contribution in [0.1, 0.15) is 22.8 Å². The summed E-state index contributed by atoms with van der Waals surface area (Å²) < 4.78 is 5.11. The van der Waals surface area contributed by atoms with E-state index >= 15 is 0 Å². The SMILES string of the molecule is CCc1ccccc1NC(=O)COC(=O)c1ccccc1SC. The lowest BCUT2D eigenvalue weighted by atomic mass is 10.1. The van der Waals surface area contributed by atoms with E-state index in [2.05, 4.69) is 5.32 Å². The number of para-hydroxylation sites is 1. The maximum atomic E-state index is 12.1. The van der Waals surface area contributed by atoms with Gasteiger partial charge in [-0.15, -0.1) is 11.8 Å². The van der Waals surface area contributed by atoms with Gasteiger partial charge < -0.3 is 10.1 Å². The van der Waals surface area contributed by atoms with Crippen molar-refractivity contribution in [1.82, 2.24) is 0 Å². The van der Waals surface area contributed by atoms with Gasteiger partial charge in [-0.05, 0) is 36.4 Å². The van der Waals surface area contributed by atoms with Crippen molar-refractivity contribution in [2.24, 2.45) is 0 Å². The number of hydrogen-bond donors (Lipinski definition) is 1. The molecule has 0 aromatic heterocycles. The average molecular weight is 329 g/mol. The smallest absolute Gasteiger partial charge is 0.339 e. The number of aryl methyl sites for hydroxylation is 1. The Morgan fingerprint density at radius 3 is 2.52 bits per heavy atom. The number of esters is 1. The van der Waals surface area contributed by atoms with E-state index in [1.54, 1.807) is 12.1 Å². The highest BCUT2D eigenvalue weighted by Gasteiger charge is 2.14. The van der Waals surface area contributed by atoms with Gasteiger partial charge in [0.2, 0.25) is 0 Å². The zero-order chi connectivity index (χ0) is 16.7. The zero-order valence-electron chi connectivity index (χ0n) is 13.2. The number of rotatable bonds is 6. The molecule has 0 aliphatic heterocycles. The van der Waals surface area contributed by atoms with Gasteiger partial charge in [0, 0.05) is 10.6 Å². The molecule has 0 unspecified atom stereocenters. The summed E-state index contributed by atoms with van der Waals surface area (Å²) in [6.45, 7) is 1.71. The quantitative estimate of drug-likeness (QED) is 0.647. The fourth-order valence-electron chi connectivity index (χ4n) is 2.16. The maximum Gasteiger partial charge on any atom is 0.339 e. The Hall–Kier alpha value is -2.27. The Morgan fingerprint density at radius 1 is 1.09 bits per heavy atom. The number of carbonyl (C=O) groups is 2. The molecule has 0 bridgehead atoms. The molecule has 0 saturated carbocycles. The second-order valence-corrected chi connectivity index (χ2v) is 5.68. The van der Waals surface area contributed by atoms with Crippen LogP contribution in [-0.2, 0) is 16.0 Å². The number of benzene rings is 2. The number of hydrogen-bond acceptors (Lipinski definition) is 4. The van der Waals surface area contributed by atoms with Crippen LogP contribution in [0, 0.1) is 0 Å². The van der Waals surface area contributed by atoms with E-state index in [0.717, 1.165) is 22.6 Å². The Labute approximate surface area is 140 Å². The number of amides is 1. The molecule has 1 amide bonds. The Bertz CT molecular complexity index is 700. The van der Waals surface area contributed by atoms with E-state index in [9.17, 15) is 9.59 Å². The van der Waals surface area contributed by atoms with E-state index in [0.29, 0.717) is 5.56 Å². The van der Waals surface area contributed by atoms with Crippen molar-refractivity contribution in [1.29, 1.82) is 0 Å². The normalized spacial score (nSPS) is 10.2. The predicted molar refractivity (Wildman–Crippen MR) is 93.0 cm³/mol. The lowest BCUT2D eigenvalue weighted by molar-refractivity contribution is -0.119. The van der Waals surface area contributed by atoms with Gasteiger partial charge in [0.05, 0.1) is 5.56 Å². The molecule has 0 heterocycles. The zero-order valence-corrected chi connectivity index (χ0v) is 14.0. The van der Waals surface area contributed by atoms with Gasteiger partial charge in [-0.3, -0.25) is 4.79 Å².